The number of hydrogen-bond donors (Lipinski definition) is 1. The number of hydrogen-bond acceptors (Lipinski definition) is 7. The van der Waals surface area contributed by atoms with Crippen molar-refractivity contribution in [3.05, 3.63) is 29.3 Å². The fourth-order valence-electron chi connectivity index (χ4n) is 3.00. The lowest BCUT2D eigenvalue weighted by Gasteiger charge is -2.28. The Morgan fingerprint density at radius 2 is 1.87 bits per heavy atom. The molecule has 0 bridgehead atoms. The summed E-state index contributed by atoms with van der Waals surface area (Å²) in [5.74, 6) is -5.16. The fraction of sp³-hybridized carbons (Fsp3) is 0.571. The van der Waals surface area contributed by atoms with Crippen LogP contribution in [0, 0.1) is 5.41 Å². The third-order valence-corrected chi connectivity index (χ3v) is 4.77. The van der Waals surface area contributed by atoms with Gasteiger partial charge < -0.3 is 19.2 Å². The van der Waals surface area contributed by atoms with Crippen LogP contribution >= 0.6 is 0 Å². The molecule has 0 unspecified atom stereocenters. The monoisotopic (exact) mass is 440 g/mol. The molecule has 1 aromatic carbocycles. The lowest BCUT2D eigenvalue weighted by molar-refractivity contribution is -0.161. The highest BCUT2D eigenvalue weighted by atomic mass is 19.3. The Morgan fingerprint density at radius 3 is 2.48 bits per heavy atom. The molecule has 0 amide bonds. The molecule has 10 heteroatoms. The fourth-order valence-corrected chi connectivity index (χ4v) is 3.00. The van der Waals surface area contributed by atoms with Crippen LogP contribution in [0.4, 0.5) is 8.78 Å². The summed E-state index contributed by atoms with van der Waals surface area (Å²) in [5.41, 5.74) is -0.130. The lowest BCUT2D eigenvalue weighted by atomic mass is 9.64. The van der Waals surface area contributed by atoms with Gasteiger partial charge in [0.1, 0.15) is 17.1 Å². The Labute approximate surface area is 180 Å². The Kier molecular flexibility index (Phi) is 7.80. The largest absolute Gasteiger partial charge is 0.535 e. The molecule has 1 N–H and O–H groups in total. The number of fused-ring (bicyclic) bond motifs is 1. The number of para-hydroxylation sites is 1. The van der Waals surface area contributed by atoms with E-state index in [4.69, 9.17) is 14.1 Å². The van der Waals surface area contributed by atoms with Crippen LogP contribution in [0.5, 0.6) is 5.75 Å². The molecule has 0 radical (unpaired) electrons. The normalized spacial score (nSPS) is 16.2. The van der Waals surface area contributed by atoms with Crippen molar-refractivity contribution in [2.45, 2.75) is 65.1 Å². The van der Waals surface area contributed by atoms with Gasteiger partial charge in [0.25, 0.3) is 0 Å². The summed E-state index contributed by atoms with van der Waals surface area (Å²) in [5, 5.41) is 10.3. The van der Waals surface area contributed by atoms with Gasteiger partial charge in [-0.1, -0.05) is 12.1 Å². The molecular formula is C21H27BF2O7. The quantitative estimate of drug-likeness (QED) is 0.375. The number of ether oxygens (including phenoxy) is 2. The van der Waals surface area contributed by atoms with Gasteiger partial charge in [-0.3, -0.25) is 9.59 Å². The van der Waals surface area contributed by atoms with Gasteiger partial charge in [-0.15, -0.1) is 0 Å². The smallest absolute Gasteiger partial charge is 0.526 e. The first-order valence-electron chi connectivity index (χ1n) is 9.98. The number of ketones is 1. The molecule has 0 spiro atoms. The molecule has 0 saturated carbocycles. The second-order valence-corrected chi connectivity index (χ2v) is 8.81. The summed E-state index contributed by atoms with van der Waals surface area (Å²) < 4.78 is 41.3. The predicted molar refractivity (Wildman–Crippen MR) is 108 cm³/mol. The van der Waals surface area contributed by atoms with Crippen molar-refractivity contribution in [3.63, 3.8) is 0 Å². The van der Waals surface area contributed by atoms with Gasteiger partial charge >= 0.3 is 19.1 Å². The molecule has 0 aromatic heterocycles. The molecule has 1 aliphatic rings. The first-order chi connectivity index (χ1) is 14.3. The van der Waals surface area contributed by atoms with Crippen LogP contribution in [0.1, 0.15) is 62.9 Å². The van der Waals surface area contributed by atoms with Crippen LogP contribution in [0.2, 0.25) is 5.82 Å². The number of benzene rings is 1. The van der Waals surface area contributed by atoms with E-state index in [1.807, 2.05) is 0 Å². The molecule has 31 heavy (non-hydrogen) atoms. The third kappa shape index (κ3) is 7.31. The SMILES string of the molecule is CC(F)(F)CCC(=O)C[C@H]1Cc2cccc(C(=O)OCOC(=O)C(C)(C)C)c2OB1O. The molecule has 7 nitrogen and oxygen atoms in total. The minimum absolute atomic E-state index is 0.0405. The highest BCUT2D eigenvalue weighted by molar-refractivity contribution is 6.47. The zero-order chi connectivity index (χ0) is 23.4. The summed E-state index contributed by atoms with van der Waals surface area (Å²) >= 11 is 0. The van der Waals surface area contributed by atoms with Crippen LogP contribution in [0.3, 0.4) is 0 Å². The number of Topliss-reactive ketones (excluding diaryl/α,β-unsaturated/α-hetero) is 1. The predicted octanol–water partition coefficient (Wildman–Crippen LogP) is 3.57. The molecule has 1 atom stereocenters. The summed E-state index contributed by atoms with van der Waals surface area (Å²) in [7, 11) is -1.38. The van der Waals surface area contributed by atoms with E-state index in [1.165, 1.54) is 6.07 Å². The van der Waals surface area contributed by atoms with E-state index in [0.717, 1.165) is 6.92 Å². The molecule has 0 fully saturated rings. The maximum atomic E-state index is 12.9. The maximum absolute atomic E-state index is 12.9. The molecule has 170 valence electrons. The first-order valence-corrected chi connectivity index (χ1v) is 9.98. The molecule has 0 saturated heterocycles. The van der Waals surface area contributed by atoms with Gasteiger partial charge in [-0.25, -0.2) is 13.6 Å². The number of halogens is 2. The minimum atomic E-state index is -2.93. The highest BCUT2D eigenvalue weighted by Crippen LogP contribution is 2.37. The van der Waals surface area contributed by atoms with Gasteiger partial charge in [-0.05, 0) is 45.7 Å². The topological polar surface area (TPSA) is 99.1 Å². The van der Waals surface area contributed by atoms with Gasteiger partial charge in [0.2, 0.25) is 12.7 Å². The van der Waals surface area contributed by atoms with Crippen molar-refractivity contribution < 1.29 is 42.3 Å². The average molecular weight is 440 g/mol. The standard InChI is InChI=1S/C21H27BF2O7/c1-20(2,3)19(27)30-12-29-18(26)16-7-5-6-13-10-14(22(28)31-17(13)16)11-15(25)8-9-21(4,23)24/h5-7,14,28H,8-12H2,1-4H3/t14-/m1/s1. The van der Waals surface area contributed by atoms with Gasteiger partial charge in [0.15, 0.2) is 0 Å². The maximum Gasteiger partial charge on any atom is 0.526 e. The summed E-state index contributed by atoms with van der Waals surface area (Å²) in [6, 6.07) is 4.71. The number of alkyl halides is 2. The van der Waals surface area contributed by atoms with Crippen molar-refractivity contribution in [3.8, 4) is 5.75 Å². The number of carbonyl (C=O) groups excluding carboxylic acids is 3. The second-order valence-electron chi connectivity index (χ2n) is 8.81. The average Bonchev–Trinajstić information content (AvgIpc) is 2.65. The highest BCUT2D eigenvalue weighted by Gasteiger charge is 2.38. The minimum Gasteiger partial charge on any atom is -0.535 e. The summed E-state index contributed by atoms with van der Waals surface area (Å²) in [6.45, 7) is 5.17. The van der Waals surface area contributed by atoms with E-state index in [0.29, 0.717) is 5.56 Å². The Hall–Kier alpha value is -2.49. The van der Waals surface area contributed by atoms with Crippen molar-refractivity contribution in [2.75, 3.05) is 6.79 Å². The van der Waals surface area contributed by atoms with Crippen molar-refractivity contribution in [1.29, 1.82) is 0 Å². The summed E-state index contributed by atoms with van der Waals surface area (Å²) in [6.07, 6.45) is -0.736. The molecule has 1 aromatic rings. The Balaban J connectivity index is 2.00. The zero-order valence-corrected chi connectivity index (χ0v) is 18.1. The zero-order valence-electron chi connectivity index (χ0n) is 18.1. The third-order valence-electron chi connectivity index (χ3n) is 4.77. The van der Waals surface area contributed by atoms with Crippen molar-refractivity contribution >= 4 is 24.8 Å². The molecule has 1 heterocycles. The van der Waals surface area contributed by atoms with Crippen LogP contribution in [-0.4, -0.2) is 42.6 Å². The lowest BCUT2D eigenvalue weighted by Crippen LogP contribution is -2.36. The molecule has 1 aliphatic heterocycles. The van der Waals surface area contributed by atoms with Crippen LogP contribution in [0.25, 0.3) is 0 Å². The van der Waals surface area contributed by atoms with E-state index in [9.17, 15) is 28.2 Å². The van der Waals surface area contributed by atoms with E-state index in [-0.39, 0.29) is 30.6 Å². The van der Waals surface area contributed by atoms with Crippen LogP contribution in [-0.2, 0) is 25.5 Å². The van der Waals surface area contributed by atoms with Gasteiger partial charge in [0, 0.05) is 25.1 Å². The number of rotatable bonds is 8. The Morgan fingerprint density at radius 1 is 1.19 bits per heavy atom. The van der Waals surface area contributed by atoms with E-state index in [2.05, 4.69) is 0 Å². The number of esters is 2. The van der Waals surface area contributed by atoms with Crippen molar-refractivity contribution in [1.82, 2.24) is 0 Å². The van der Waals surface area contributed by atoms with Crippen LogP contribution in [0.15, 0.2) is 18.2 Å². The molecular weight excluding hydrogens is 413 g/mol. The van der Waals surface area contributed by atoms with Gasteiger partial charge in [0.05, 0.1) is 5.41 Å². The van der Waals surface area contributed by atoms with Crippen LogP contribution < -0.4 is 4.65 Å². The first kappa shape index (κ1) is 24.8. The Bertz CT molecular complexity index is 830. The summed E-state index contributed by atoms with van der Waals surface area (Å²) in [4.78, 5) is 36.2. The second kappa shape index (κ2) is 9.76. The van der Waals surface area contributed by atoms with Gasteiger partial charge in [-0.2, -0.15) is 0 Å². The molecule has 0 aliphatic carbocycles. The van der Waals surface area contributed by atoms with E-state index in [1.54, 1.807) is 32.9 Å². The van der Waals surface area contributed by atoms with Crippen molar-refractivity contribution in [2.24, 2.45) is 5.41 Å². The molecule has 2 rings (SSSR count). The van der Waals surface area contributed by atoms with E-state index >= 15 is 0 Å². The number of carbonyl (C=O) groups is 3. The van der Waals surface area contributed by atoms with E-state index < -0.39 is 55.2 Å².